The maximum atomic E-state index is 13.5. The predicted molar refractivity (Wildman–Crippen MR) is 136 cm³/mol. The molecular formula is C27H30N6O6. The largest absolute Gasteiger partial charge is 0.492 e. The van der Waals surface area contributed by atoms with Crippen molar-refractivity contribution >= 4 is 5.91 Å². The molecule has 1 unspecified atom stereocenters. The number of piperidine rings is 1. The lowest BCUT2D eigenvalue weighted by atomic mass is 9.90. The van der Waals surface area contributed by atoms with Crippen LogP contribution in [0.5, 0.6) is 17.2 Å². The van der Waals surface area contributed by atoms with Gasteiger partial charge in [-0.05, 0) is 53.7 Å². The SMILES string of the molecule is COc1c2c(cc3c1C(c1nnnn1-c1cccc(C(=O)N4CCC5(CC4)OCCO5)c1)N(C)CC3)OCO2. The summed E-state index contributed by atoms with van der Waals surface area (Å²) in [6, 6.07) is 9.17. The van der Waals surface area contributed by atoms with Gasteiger partial charge >= 0.3 is 0 Å². The van der Waals surface area contributed by atoms with Gasteiger partial charge in [-0.3, -0.25) is 9.69 Å². The predicted octanol–water partition coefficient (Wildman–Crippen LogP) is 1.96. The van der Waals surface area contributed by atoms with E-state index in [1.807, 2.05) is 42.3 Å². The van der Waals surface area contributed by atoms with Crippen molar-refractivity contribution in [2.75, 3.05) is 53.8 Å². The van der Waals surface area contributed by atoms with Crippen LogP contribution >= 0.6 is 0 Å². The standard InChI is InChI=1S/C27H30N6O6/c1-31-9-6-17-15-20-23(37-16-36-20)24(35-2)21(17)22(31)25-28-29-30-33(25)19-5-3-4-18(14-19)26(34)32-10-7-27(8-11-32)38-12-13-39-27/h3-5,14-15,22H,6-13,16H2,1-2H3. The Hall–Kier alpha value is -3.74. The molecule has 0 aliphatic carbocycles. The maximum Gasteiger partial charge on any atom is 0.253 e. The van der Waals surface area contributed by atoms with Crippen LogP contribution in [0.3, 0.4) is 0 Å². The average molecular weight is 535 g/mol. The van der Waals surface area contributed by atoms with Gasteiger partial charge in [-0.15, -0.1) is 5.10 Å². The van der Waals surface area contributed by atoms with Crippen LogP contribution in [0.15, 0.2) is 30.3 Å². The van der Waals surface area contributed by atoms with Crippen molar-refractivity contribution in [2.45, 2.75) is 31.1 Å². The second-order valence-corrected chi connectivity index (χ2v) is 10.2. The van der Waals surface area contributed by atoms with E-state index in [9.17, 15) is 4.79 Å². The van der Waals surface area contributed by atoms with Crippen LogP contribution in [-0.4, -0.2) is 95.5 Å². The molecule has 1 aromatic heterocycles. The van der Waals surface area contributed by atoms with Crippen LogP contribution in [0.2, 0.25) is 0 Å². The number of hydrogen-bond donors (Lipinski definition) is 0. The Morgan fingerprint density at radius 3 is 2.72 bits per heavy atom. The number of carbonyl (C=O) groups is 1. The van der Waals surface area contributed by atoms with Gasteiger partial charge in [0, 0.05) is 43.6 Å². The molecule has 3 aromatic rings. The molecule has 4 aliphatic heterocycles. The Morgan fingerprint density at radius 2 is 1.92 bits per heavy atom. The molecular weight excluding hydrogens is 504 g/mol. The molecule has 0 radical (unpaired) electrons. The molecule has 0 N–H and O–H groups in total. The van der Waals surface area contributed by atoms with E-state index < -0.39 is 5.79 Å². The number of rotatable bonds is 4. The van der Waals surface area contributed by atoms with Crippen LogP contribution in [0.4, 0.5) is 0 Å². The van der Waals surface area contributed by atoms with Crippen molar-refractivity contribution < 1.29 is 28.5 Å². The molecule has 2 aromatic carbocycles. The number of hydrogen-bond acceptors (Lipinski definition) is 10. The number of carbonyl (C=O) groups excluding carboxylic acids is 1. The number of methoxy groups -OCH3 is 1. The normalized spacial score (nSPS) is 21.8. The van der Waals surface area contributed by atoms with Gasteiger partial charge < -0.3 is 28.6 Å². The van der Waals surface area contributed by atoms with Gasteiger partial charge in [-0.2, -0.15) is 4.68 Å². The van der Waals surface area contributed by atoms with Gasteiger partial charge in [-0.1, -0.05) is 6.07 Å². The lowest BCUT2D eigenvalue weighted by Crippen LogP contribution is -2.47. The fourth-order valence-corrected chi connectivity index (χ4v) is 6.10. The summed E-state index contributed by atoms with van der Waals surface area (Å²) < 4.78 is 30.6. The zero-order valence-electron chi connectivity index (χ0n) is 22.0. The van der Waals surface area contributed by atoms with Gasteiger partial charge in [0.05, 0.1) is 26.0 Å². The molecule has 204 valence electrons. The van der Waals surface area contributed by atoms with Crippen molar-refractivity contribution in [1.29, 1.82) is 0 Å². The highest BCUT2D eigenvalue weighted by Crippen LogP contribution is 2.50. The van der Waals surface area contributed by atoms with Crippen LogP contribution in [0, 0.1) is 0 Å². The molecule has 5 heterocycles. The van der Waals surface area contributed by atoms with E-state index in [1.54, 1.807) is 11.8 Å². The van der Waals surface area contributed by atoms with E-state index in [0.29, 0.717) is 73.5 Å². The van der Waals surface area contributed by atoms with Crippen molar-refractivity contribution in [3.05, 3.63) is 52.8 Å². The Bertz CT molecular complexity index is 1410. The Labute approximate surface area is 225 Å². The van der Waals surface area contributed by atoms with Gasteiger partial charge in [-0.25, -0.2) is 0 Å². The minimum atomic E-state index is -0.527. The summed E-state index contributed by atoms with van der Waals surface area (Å²) in [5, 5.41) is 12.8. The molecule has 7 rings (SSSR count). The summed E-state index contributed by atoms with van der Waals surface area (Å²) in [4.78, 5) is 17.5. The summed E-state index contributed by atoms with van der Waals surface area (Å²) in [6.07, 6.45) is 2.17. The molecule has 39 heavy (non-hydrogen) atoms. The first-order valence-corrected chi connectivity index (χ1v) is 13.2. The van der Waals surface area contributed by atoms with Crippen molar-refractivity contribution in [3.63, 3.8) is 0 Å². The fourth-order valence-electron chi connectivity index (χ4n) is 6.10. The topological polar surface area (TPSA) is 113 Å². The molecule has 2 fully saturated rings. The van der Waals surface area contributed by atoms with Gasteiger partial charge in [0.2, 0.25) is 12.5 Å². The quantitative estimate of drug-likeness (QED) is 0.492. The second-order valence-electron chi connectivity index (χ2n) is 10.2. The summed E-state index contributed by atoms with van der Waals surface area (Å²) in [5.41, 5.74) is 3.35. The van der Waals surface area contributed by atoms with E-state index in [2.05, 4.69) is 20.4 Å². The third kappa shape index (κ3) is 4.01. The van der Waals surface area contributed by atoms with Crippen molar-refractivity contribution in [1.82, 2.24) is 30.0 Å². The van der Waals surface area contributed by atoms with Crippen LogP contribution < -0.4 is 14.2 Å². The van der Waals surface area contributed by atoms with Gasteiger partial charge in [0.1, 0.15) is 6.04 Å². The van der Waals surface area contributed by atoms with Crippen LogP contribution in [-0.2, 0) is 15.9 Å². The Balaban J connectivity index is 1.21. The number of amides is 1. The van der Waals surface area contributed by atoms with E-state index in [1.165, 1.54) is 0 Å². The number of tetrazole rings is 1. The molecule has 1 amide bonds. The first-order chi connectivity index (χ1) is 19.1. The summed E-state index contributed by atoms with van der Waals surface area (Å²) >= 11 is 0. The first-order valence-electron chi connectivity index (χ1n) is 13.2. The third-order valence-corrected chi connectivity index (χ3v) is 8.10. The Morgan fingerprint density at radius 1 is 1.10 bits per heavy atom. The van der Waals surface area contributed by atoms with Crippen molar-refractivity contribution in [3.8, 4) is 22.9 Å². The molecule has 12 heteroatoms. The Kier molecular flexibility index (Phi) is 5.90. The zero-order valence-corrected chi connectivity index (χ0v) is 22.0. The average Bonchev–Trinajstić information content (AvgIpc) is 3.74. The minimum absolute atomic E-state index is 0.0335. The monoisotopic (exact) mass is 534 g/mol. The molecule has 12 nitrogen and oxygen atoms in total. The van der Waals surface area contributed by atoms with E-state index in [0.717, 1.165) is 24.1 Å². The number of ether oxygens (including phenoxy) is 5. The molecule has 0 bridgehead atoms. The molecule has 4 aliphatic rings. The molecule has 0 saturated carbocycles. The van der Waals surface area contributed by atoms with Crippen molar-refractivity contribution in [2.24, 2.45) is 0 Å². The lowest BCUT2D eigenvalue weighted by molar-refractivity contribution is -0.181. The van der Waals surface area contributed by atoms with Crippen LogP contribution in [0.25, 0.3) is 5.69 Å². The number of aromatic nitrogens is 4. The zero-order chi connectivity index (χ0) is 26.6. The lowest BCUT2D eigenvalue weighted by Gasteiger charge is -2.37. The maximum absolute atomic E-state index is 13.5. The molecule has 2 saturated heterocycles. The number of likely N-dealkylation sites (N-methyl/N-ethyl adjacent to an activating group) is 1. The number of benzene rings is 2. The molecule has 1 spiro atoms. The second kappa shape index (κ2) is 9.47. The highest BCUT2D eigenvalue weighted by molar-refractivity contribution is 5.94. The molecule has 1 atom stereocenters. The number of fused-ring (bicyclic) bond motifs is 2. The summed E-state index contributed by atoms with van der Waals surface area (Å²) in [6.45, 7) is 3.35. The highest BCUT2D eigenvalue weighted by atomic mass is 16.7. The first kappa shape index (κ1) is 24.3. The smallest absolute Gasteiger partial charge is 0.253 e. The van der Waals surface area contributed by atoms with E-state index >= 15 is 0 Å². The van der Waals surface area contributed by atoms with Gasteiger partial charge in [0.25, 0.3) is 5.91 Å². The highest BCUT2D eigenvalue weighted by Gasteiger charge is 2.41. The fraction of sp³-hybridized carbons (Fsp3) is 0.481. The van der Waals surface area contributed by atoms with E-state index in [-0.39, 0.29) is 18.7 Å². The summed E-state index contributed by atoms with van der Waals surface area (Å²) in [5.74, 6) is 1.98. The number of nitrogens with zero attached hydrogens (tertiary/aromatic N) is 6. The van der Waals surface area contributed by atoms with Crippen LogP contribution in [0.1, 0.15) is 46.2 Å². The third-order valence-electron chi connectivity index (χ3n) is 8.10. The minimum Gasteiger partial charge on any atom is -0.492 e. The summed E-state index contributed by atoms with van der Waals surface area (Å²) in [7, 11) is 3.67. The number of likely N-dealkylation sites (tertiary alicyclic amines) is 1. The van der Waals surface area contributed by atoms with Gasteiger partial charge in [0.15, 0.2) is 23.1 Å². The van der Waals surface area contributed by atoms with E-state index in [4.69, 9.17) is 23.7 Å².